The molecule has 128 valence electrons. The van der Waals surface area contributed by atoms with Gasteiger partial charge in [-0.05, 0) is 55.5 Å². The van der Waals surface area contributed by atoms with Gasteiger partial charge in [-0.15, -0.1) is 0 Å². The van der Waals surface area contributed by atoms with Crippen molar-refractivity contribution in [1.29, 1.82) is 0 Å². The van der Waals surface area contributed by atoms with Gasteiger partial charge in [-0.1, -0.05) is 24.3 Å². The monoisotopic (exact) mass is 336 g/mol. The van der Waals surface area contributed by atoms with Crippen LogP contribution in [0.4, 0.5) is 13.2 Å². The normalized spacial score (nSPS) is 19.2. The van der Waals surface area contributed by atoms with Gasteiger partial charge < -0.3 is 9.84 Å². The number of alkyl halides is 3. The molecule has 1 atom stereocenters. The molecule has 24 heavy (non-hydrogen) atoms. The Morgan fingerprint density at radius 1 is 1.04 bits per heavy atom. The summed E-state index contributed by atoms with van der Waals surface area (Å²) in [5.74, 6) is 0.421. The van der Waals surface area contributed by atoms with Gasteiger partial charge in [0.05, 0.1) is 6.61 Å². The first kappa shape index (κ1) is 16.8. The topological polar surface area (TPSA) is 29.5 Å². The average Bonchev–Trinajstić information content (AvgIpc) is 2.80. The Morgan fingerprint density at radius 3 is 2.25 bits per heavy atom. The maximum Gasteiger partial charge on any atom is 0.425 e. The van der Waals surface area contributed by atoms with Crippen LogP contribution in [0.15, 0.2) is 24.3 Å². The van der Waals surface area contributed by atoms with Gasteiger partial charge in [-0.2, -0.15) is 13.2 Å². The van der Waals surface area contributed by atoms with Crippen molar-refractivity contribution in [3.63, 3.8) is 0 Å². The second-order valence-corrected chi connectivity index (χ2v) is 6.14. The standard InChI is InChI=1S/C19H19F3O2/c1-5-24-17-11(3)10(2)15-13-8-6-7-9-14(13)18(23,19(20,21)22)16(15)12(17)4/h6-9,23H,5H2,1-4H3. The zero-order valence-corrected chi connectivity index (χ0v) is 14.0. The summed E-state index contributed by atoms with van der Waals surface area (Å²) in [4.78, 5) is 0. The molecule has 0 saturated carbocycles. The Kier molecular flexibility index (Phi) is 3.68. The fraction of sp³-hybridized carbons (Fsp3) is 0.368. The van der Waals surface area contributed by atoms with Crippen molar-refractivity contribution in [2.75, 3.05) is 6.61 Å². The summed E-state index contributed by atoms with van der Waals surface area (Å²) in [7, 11) is 0. The molecule has 0 aromatic heterocycles. The van der Waals surface area contributed by atoms with E-state index in [-0.39, 0.29) is 11.1 Å². The van der Waals surface area contributed by atoms with E-state index in [2.05, 4.69) is 0 Å². The highest BCUT2D eigenvalue weighted by Crippen LogP contribution is 2.58. The summed E-state index contributed by atoms with van der Waals surface area (Å²) in [6.45, 7) is 7.32. The summed E-state index contributed by atoms with van der Waals surface area (Å²) in [5, 5.41) is 10.8. The van der Waals surface area contributed by atoms with E-state index in [4.69, 9.17) is 4.74 Å². The molecule has 0 spiro atoms. The van der Waals surface area contributed by atoms with Gasteiger partial charge >= 0.3 is 6.18 Å². The van der Waals surface area contributed by atoms with Crippen molar-refractivity contribution < 1.29 is 23.0 Å². The van der Waals surface area contributed by atoms with E-state index in [9.17, 15) is 18.3 Å². The van der Waals surface area contributed by atoms with E-state index in [0.29, 0.717) is 34.6 Å². The molecule has 0 aliphatic heterocycles. The summed E-state index contributed by atoms with van der Waals surface area (Å²) < 4.78 is 47.4. The summed E-state index contributed by atoms with van der Waals surface area (Å²) >= 11 is 0. The molecule has 2 nitrogen and oxygen atoms in total. The molecule has 3 rings (SSSR count). The lowest BCUT2D eigenvalue weighted by atomic mass is 9.85. The van der Waals surface area contributed by atoms with Gasteiger partial charge in [-0.25, -0.2) is 0 Å². The quantitative estimate of drug-likeness (QED) is 0.854. The molecule has 0 radical (unpaired) electrons. The first-order valence-corrected chi connectivity index (χ1v) is 7.82. The van der Waals surface area contributed by atoms with Gasteiger partial charge in [-0.3, -0.25) is 0 Å². The molecule has 0 fully saturated rings. The van der Waals surface area contributed by atoms with E-state index in [0.717, 1.165) is 5.56 Å². The Morgan fingerprint density at radius 2 is 1.67 bits per heavy atom. The fourth-order valence-corrected chi connectivity index (χ4v) is 3.72. The number of ether oxygens (including phenoxy) is 1. The number of halogens is 3. The van der Waals surface area contributed by atoms with Crippen LogP contribution >= 0.6 is 0 Å². The maximum absolute atomic E-state index is 13.9. The largest absolute Gasteiger partial charge is 0.493 e. The van der Waals surface area contributed by atoms with E-state index in [1.807, 2.05) is 6.92 Å². The molecular formula is C19H19F3O2. The first-order chi connectivity index (χ1) is 11.2. The minimum absolute atomic E-state index is 0.109. The number of aliphatic hydroxyl groups is 1. The lowest BCUT2D eigenvalue weighted by Gasteiger charge is -2.30. The number of benzene rings is 2. The third-order valence-electron chi connectivity index (χ3n) is 4.89. The Hall–Kier alpha value is -2.01. The number of fused-ring (bicyclic) bond motifs is 3. The van der Waals surface area contributed by atoms with Crippen LogP contribution in [0.5, 0.6) is 5.75 Å². The van der Waals surface area contributed by atoms with Crippen molar-refractivity contribution in [3.8, 4) is 16.9 Å². The predicted molar refractivity (Wildman–Crippen MR) is 86.3 cm³/mol. The molecule has 0 saturated heterocycles. The molecule has 0 heterocycles. The van der Waals surface area contributed by atoms with Crippen LogP contribution in [0.3, 0.4) is 0 Å². The minimum atomic E-state index is -4.83. The lowest BCUT2D eigenvalue weighted by Crippen LogP contribution is -2.42. The summed E-state index contributed by atoms with van der Waals surface area (Å²) in [5.41, 5.74) is -0.516. The predicted octanol–water partition coefficient (Wildman–Crippen LogP) is 4.79. The molecule has 1 N–H and O–H groups in total. The second-order valence-electron chi connectivity index (χ2n) is 6.14. The van der Waals surface area contributed by atoms with Gasteiger partial charge in [0.1, 0.15) is 5.75 Å². The molecule has 5 heteroatoms. The van der Waals surface area contributed by atoms with Crippen LogP contribution in [0.25, 0.3) is 11.1 Å². The number of hydrogen-bond acceptors (Lipinski definition) is 2. The maximum atomic E-state index is 13.9. The van der Waals surface area contributed by atoms with Crippen LogP contribution in [0, 0.1) is 20.8 Å². The third-order valence-corrected chi connectivity index (χ3v) is 4.89. The SMILES string of the molecule is CCOc1c(C)c(C)c2c(c1C)C(O)(C(F)(F)F)c1ccccc1-2. The highest BCUT2D eigenvalue weighted by atomic mass is 19.4. The van der Waals surface area contributed by atoms with E-state index in [1.54, 1.807) is 32.9 Å². The van der Waals surface area contributed by atoms with Crippen molar-refractivity contribution in [2.24, 2.45) is 0 Å². The van der Waals surface area contributed by atoms with E-state index >= 15 is 0 Å². The van der Waals surface area contributed by atoms with Gasteiger partial charge in [0.15, 0.2) is 0 Å². The molecule has 0 bridgehead atoms. The molecule has 2 aromatic carbocycles. The van der Waals surface area contributed by atoms with Crippen LogP contribution in [0.2, 0.25) is 0 Å². The summed E-state index contributed by atoms with van der Waals surface area (Å²) in [6.07, 6.45) is -4.83. The van der Waals surface area contributed by atoms with E-state index < -0.39 is 11.8 Å². The lowest BCUT2D eigenvalue weighted by molar-refractivity contribution is -0.247. The zero-order valence-electron chi connectivity index (χ0n) is 14.0. The molecule has 2 aromatic rings. The van der Waals surface area contributed by atoms with Gasteiger partial charge in [0.25, 0.3) is 0 Å². The molecule has 1 aliphatic carbocycles. The Balaban J connectivity index is 2.50. The van der Waals surface area contributed by atoms with Gasteiger partial charge in [0.2, 0.25) is 5.60 Å². The number of rotatable bonds is 2. The molecular weight excluding hydrogens is 317 g/mol. The van der Waals surface area contributed by atoms with Crippen LogP contribution in [-0.2, 0) is 5.60 Å². The smallest absolute Gasteiger partial charge is 0.425 e. The fourth-order valence-electron chi connectivity index (χ4n) is 3.72. The third kappa shape index (κ3) is 1.94. The van der Waals surface area contributed by atoms with Crippen molar-refractivity contribution >= 4 is 0 Å². The van der Waals surface area contributed by atoms with Crippen molar-refractivity contribution in [3.05, 3.63) is 52.1 Å². The van der Waals surface area contributed by atoms with Crippen molar-refractivity contribution in [2.45, 2.75) is 39.5 Å². The molecule has 0 amide bonds. The average molecular weight is 336 g/mol. The number of hydrogen-bond donors (Lipinski definition) is 1. The van der Waals surface area contributed by atoms with Crippen LogP contribution in [0.1, 0.15) is 34.7 Å². The highest BCUT2D eigenvalue weighted by Gasteiger charge is 2.62. The second kappa shape index (κ2) is 5.24. The zero-order chi connectivity index (χ0) is 17.9. The van der Waals surface area contributed by atoms with Crippen LogP contribution < -0.4 is 4.74 Å². The Labute approximate surface area is 138 Å². The highest BCUT2D eigenvalue weighted by molar-refractivity contribution is 5.86. The van der Waals surface area contributed by atoms with Crippen LogP contribution in [-0.4, -0.2) is 17.9 Å². The summed E-state index contributed by atoms with van der Waals surface area (Å²) in [6, 6.07) is 6.18. The first-order valence-electron chi connectivity index (χ1n) is 7.82. The Bertz CT molecular complexity index is 824. The molecule has 1 unspecified atom stereocenters. The minimum Gasteiger partial charge on any atom is -0.493 e. The van der Waals surface area contributed by atoms with E-state index in [1.165, 1.54) is 12.1 Å². The van der Waals surface area contributed by atoms with Gasteiger partial charge in [0, 0.05) is 11.1 Å². The molecule has 1 aliphatic rings. The van der Waals surface area contributed by atoms with Crippen molar-refractivity contribution in [1.82, 2.24) is 0 Å².